The summed E-state index contributed by atoms with van der Waals surface area (Å²) in [6, 6.07) is 0. The zero-order valence-corrected chi connectivity index (χ0v) is 11.1. The van der Waals surface area contributed by atoms with Crippen LogP contribution in [0.5, 0.6) is 0 Å². The molecule has 0 bridgehead atoms. The van der Waals surface area contributed by atoms with Gasteiger partial charge in [-0.2, -0.15) is 0 Å². The monoisotopic (exact) mass is 264 g/mol. The van der Waals surface area contributed by atoms with Gasteiger partial charge in [0.05, 0.1) is 12.7 Å². The summed E-state index contributed by atoms with van der Waals surface area (Å²) in [6.45, 7) is 5.83. The van der Waals surface area contributed by atoms with Gasteiger partial charge in [0.15, 0.2) is 0 Å². The fourth-order valence-electron chi connectivity index (χ4n) is 4.10. The molecule has 3 aliphatic rings. The maximum absolute atomic E-state index is 11.7. The number of carbonyl (C=O) groups is 1. The fourth-order valence-corrected chi connectivity index (χ4v) is 4.10. The Balaban J connectivity index is 2.03. The Morgan fingerprint density at radius 2 is 2.32 bits per heavy atom. The number of ether oxygens (including phenoxy) is 1. The Morgan fingerprint density at radius 3 is 3.00 bits per heavy atom. The molecule has 1 saturated heterocycles. The Hall–Kier alpha value is -1.13. The summed E-state index contributed by atoms with van der Waals surface area (Å²) in [6.07, 6.45) is 3.39. The topological polar surface area (TPSA) is 66.8 Å². The predicted octanol–water partition coefficient (Wildman–Crippen LogP) is 1.18. The summed E-state index contributed by atoms with van der Waals surface area (Å²) in [5, 5.41) is 19.9. The van der Waals surface area contributed by atoms with E-state index in [2.05, 4.69) is 6.58 Å². The minimum absolute atomic E-state index is 0.0332. The summed E-state index contributed by atoms with van der Waals surface area (Å²) < 4.78 is 5.49. The van der Waals surface area contributed by atoms with E-state index in [1.807, 2.05) is 13.0 Å². The molecule has 2 fully saturated rings. The van der Waals surface area contributed by atoms with E-state index in [0.29, 0.717) is 12.0 Å². The minimum Gasteiger partial charge on any atom is -0.458 e. The van der Waals surface area contributed by atoms with Crippen LogP contribution in [0.2, 0.25) is 0 Å². The van der Waals surface area contributed by atoms with Gasteiger partial charge in [-0.15, -0.1) is 0 Å². The normalized spacial score (nSPS) is 45.3. The van der Waals surface area contributed by atoms with Gasteiger partial charge < -0.3 is 14.9 Å². The van der Waals surface area contributed by atoms with Gasteiger partial charge in [0.25, 0.3) is 0 Å². The number of aliphatic hydroxyl groups excluding tert-OH is 2. The number of fused-ring (bicyclic) bond motifs is 3. The van der Waals surface area contributed by atoms with Crippen LogP contribution < -0.4 is 0 Å². The van der Waals surface area contributed by atoms with Crippen molar-refractivity contribution in [2.75, 3.05) is 6.61 Å². The van der Waals surface area contributed by atoms with E-state index in [1.165, 1.54) is 0 Å². The highest BCUT2D eigenvalue weighted by Crippen LogP contribution is 2.56. The van der Waals surface area contributed by atoms with E-state index in [-0.39, 0.29) is 35.9 Å². The van der Waals surface area contributed by atoms with E-state index in [0.717, 1.165) is 18.4 Å². The average Bonchev–Trinajstić information content (AvgIpc) is 2.67. The van der Waals surface area contributed by atoms with Gasteiger partial charge in [-0.3, -0.25) is 0 Å². The van der Waals surface area contributed by atoms with Crippen molar-refractivity contribution in [2.24, 2.45) is 17.3 Å². The van der Waals surface area contributed by atoms with E-state index in [1.54, 1.807) is 0 Å². The van der Waals surface area contributed by atoms with Crippen LogP contribution in [0, 0.1) is 17.3 Å². The molecule has 19 heavy (non-hydrogen) atoms. The van der Waals surface area contributed by atoms with Crippen molar-refractivity contribution in [2.45, 2.75) is 38.4 Å². The number of aliphatic hydroxyl groups is 2. The van der Waals surface area contributed by atoms with E-state index < -0.39 is 6.10 Å². The number of hydrogen-bond acceptors (Lipinski definition) is 4. The molecule has 1 saturated carbocycles. The molecule has 1 heterocycles. The van der Waals surface area contributed by atoms with Crippen molar-refractivity contribution in [3.63, 3.8) is 0 Å². The summed E-state index contributed by atoms with van der Waals surface area (Å²) in [4.78, 5) is 11.7. The lowest BCUT2D eigenvalue weighted by atomic mass is 9.55. The first kappa shape index (κ1) is 12.9. The molecule has 5 atom stereocenters. The molecular formula is C15H20O4. The zero-order valence-electron chi connectivity index (χ0n) is 11.1. The minimum atomic E-state index is -0.443. The highest BCUT2D eigenvalue weighted by atomic mass is 16.6. The second kappa shape index (κ2) is 4.18. The molecule has 0 radical (unpaired) electrons. The number of esters is 1. The van der Waals surface area contributed by atoms with E-state index in [4.69, 9.17) is 4.74 Å². The van der Waals surface area contributed by atoms with Crippen molar-refractivity contribution in [1.29, 1.82) is 0 Å². The lowest BCUT2D eigenvalue weighted by Crippen LogP contribution is -2.53. The van der Waals surface area contributed by atoms with Gasteiger partial charge in [-0.1, -0.05) is 19.6 Å². The number of hydrogen-bond donors (Lipinski definition) is 2. The quantitative estimate of drug-likeness (QED) is 0.424. The first-order chi connectivity index (χ1) is 8.99. The third kappa shape index (κ3) is 1.63. The van der Waals surface area contributed by atoms with Crippen LogP contribution in [-0.2, 0) is 9.53 Å². The van der Waals surface area contributed by atoms with Gasteiger partial charge in [-0.25, -0.2) is 4.79 Å². The second-order valence-electron chi connectivity index (χ2n) is 6.21. The van der Waals surface area contributed by atoms with Crippen LogP contribution in [0.4, 0.5) is 0 Å². The molecule has 2 N–H and O–H groups in total. The maximum Gasteiger partial charge on any atom is 0.334 e. The van der Waals surface area contributed by atoms with E-state index in [9.17, 15) is 15.0 Å². The van der Waals surface area contributed by atoms with E-state index >= 15 is 0 Å². The molecule has 0 aromatic rings. The Morgan fingerprint density at radius 1 is 1.58 bits per heavy atom. The molecular weight excluding hydrogens is 244 g/mol. The summed E-state index contributed by atoms with van der Waals surface area (Å²) in [5.74, 6) is -0.384. The first-order valence-corrected chi connectivity index (χ1v) is 6.86. The molecule has 0 spiro atoms. The maximum atomic E-state index is 11.7. The van der Waals surface area contributed by atoms with Crippen LogP contribution in [-0.4, -0.2) is 35.0 Å². The highest BCUT2D eigenvalue weighted by molar-refractivity contribution is 5.91. The van der Waals surface area contributed by atoms with Crippen molar-refractivity contribution >= 4 is 5.97 Å². The van der Waals surface area contributed by atoms with Crippen molar-refractivity contribution in [1.82, 2.24) is 0 Å². The molecule has 3 rings (SSSR count). The Bertz CT molecular complexity index is 467. The predicted molar refractivity (Wildman–Crippen MR) is 69.1 cm³/mol. The highest BCUT2D eigenvalue weighted by Gasteiger charge is 2.57. The van der Waals surface area contributed by atoms with Crippen molar-refractivity contribution in [3.8, 4) is 0 Å². The van der Waals surface area contributed by atoms with Gasteiger partial charge in [0.2, 0.25) is 0 Å². The van der Waals surface area contributed by atoms with Crippen molar-refractivity contribution in [3.05, 3.63) is 23.8 Å². The van der Waals surface area contributed by atoms with Gasteiger partial charge >= 0.3 is 5.97 Å². The molecule has 1 aliphatic heterocycles. The van der Waals surface area contributed by atoms with Gasteiger partial charge in [-0.05, 0) is 24.8 Å². The standard InChI is InChI=1S/C15H20O4/c1-8-10-5-6-15(2)11(17)4-3-9(7-16)12(15)13(10)19-14(8)18/h3,10-13,16-17H,1,4-7H2,2H3/t10-,11+,12+,13-,15-/m0/s1. The SMILES string of the molecule is C=C1C(=O)O[C@@H]2[C@H]3C(CO)=CC[C@@H](O)[C@]3(C)CC[C@@H]12. The van der Waals surface area contributed by atoms with Crippen LogP contribution >= 0.6 is 0 Å². The number of carbonyl (C=O) groups excluding carboxylic acids is 1. The van der Waals surface area contributed by atoms with Crippen molar-refractivity contribution < 1.29 is 19.7 Å². The smallest absolute Gasteiger partial charge is 0.334 e. The third-order valence-electron chi connectivity index (χ3n) is 5.33. The fraction of sp³-hybridized carbons (Fsp3) is 0.667. The average molecular weight is 264 g/mol. The Kier molecular flexibility index (Phi) is 2.84. The Labute approximate surface area is 112 Å². The van der Waals surface area contributed by atoms with Gasteiger partial charge in [0, 0.05) is 22.8 Å². The van der Waals surface area contributed by atoms with Crippen LogP contribution in [0.15, 0.2) is 23.8 Å². The molecule has 4 heteroatoms. The van der Waals surface area contributed by atoms with Gasteiger partial charge in [0.1, 0.15) is 6.10 Å². The molecule has 0 amide bonds. The van der Waals surface area contributed by atoms with Crippen LogP contribution in [0.25, 0.3) is 0 Å². The lowest BCUT2D eigenvalue weighted by Gasteiger charge is -2.51. The molecule has 2 aliphatic carbocycles. The molecule has 4 nitrogen and oxygen atoms in total. The molecule has 0 aromatic carbocycles. The largest absolute Gasteiger partial charge is 0.458 e. The summed E-state index contributed by atoms with van der Waals surface area (Å²) in [5.41, 5.74) is 1.12. The second-order valence-corrected chi connectivity index (χ2v) is 6.21. The van der Waals surface area contributed by atoms with Crippen LogP contribution in [0.3, 0.4) is 0 Å². The summed E-state index contributed by atoms with van der Waals surface area (Å²) >= 11 is 0. The summed E-state index contributed by atoms with van der Waals surface area (Å²) in [7, 11) is 0. The lowest BCUT2D eigenvalue weighted by molar-refractivity contribution is -0.149. The first-order valence-electron chi connectivity index (χ1n) is 6.86. The zero-order chi connectivity index (χ0) is 13.8. The number of rotatable bonds is 1. The molecule has 0 aromatic heterocycles. The van der Waals surface area contributed by atoms with Crippen LogP contribution in [0.1, 0.15) is 26.2 Å². The molecule has 104 valence electrons. The third-order valence-corrected chi connectivity index (χ3v) is 5.33. The molecule has 0 unspecified atom stereocenters.